The number of thiophene rings is 1. The fraction of sp³-hybridized carbons (Fsp3) is 0.500. The molecule has 5 heteroatoms. The van der Waals surface area contributed by atoms with Crippen LogP contribution in [0.25, 0.3) is 10.1 Å². The SMILES string of the molecule is CCCC1CCN(C(=O)c2sc3cnccc3c2N)CC1. The molecule has 112 valence electrons. The highest BCUT2D eigenvalue weighted by molar-refractivity contribution is 7.21. The second kappa shape index (κ2) is 6.02. The lowest BCUT2D eigenvalue weighted by Gasteiger charge is -2.31. The summed E-state index contributed by atoms with van der Waals surface area (Å²) in [5, 5.41) is 0.944. The molecule has 21 heavy (non-hydrogen) atoms. The summed E-state index contributed by atoms with van der Waals surface area (Å²) in [5.74, 6) is 0.867. The van der Waals surface area contributed by atoms with Gasteiger partial charge in [0.15, 0.2) is 0 Å². The van der Waals surface area contributed by atoms with E-state index in [0.29, 0.717) is 10.6 Å². The van der Waals surface area contributed by atoms with Gasteiger partial charge in [-0.2, -0.15) is 0 Å². The Hall–Kier alpha value is -1.62. The van der Waals surface area contributed by atoms with Crippen molar-refractivity contribution in [1.29, 1.82) is 0 Å². The van der Waals surface area contributed by atoms with E-state index in [1.807, 2.05) is 11.0 Å². The third kappa shape index (κ3) is 2.75. The second-order valence-electron chi connectivity index (χ2n) is 5.74. The number of hydrogen-bond donors (Lipinski definition) is 1. The van der Waals surface area contributed by atoms with E-state index in [0.717, 1.165) is 41.9 Å². The first-order chi connectivity index (χ1) is 10.2. The van der Waals surface area contributed by atoms with Gasteiger partial charge in [-0.05, 0) is 24.8 Å². The Balaban J connectivity index is 1.77. The van der Waals surface area contributed by atoms with Crippen molar-refractivity contribution < 1.29 is 4.79 Å². The van der Waals surface area contributed by atoms with Crippen LogP contribution >= 0.6 is 11.3 Å². The topological polar surface area (TPSA) is 59.2 Å². The highest BCUT2D eigenvalue weighted by atomic mass is 32.1. The van der Waals surface area contributed by atoms with Gasteiger partial charge in [0.2, 0.25) is 0 Å². The van der Waals surface area contributed by atoms with Crippen molar-refractivity contribution in [3.63, 3.8) is 0 Å². The molecule has 0 atom stereocenters. The summed E-state index contributed by atoms with van der Waals surface area (Å²) in [4.78, 5) is 19.4. The van der Waals surface area contributed by atoms with Crippen molar-refractivity contribution in [3.05, 3.63) is 23.3 Å². The van der Waals surface area contributed by atoms with E-state index in [-0.39, 0.29) is 5.91 Å². The van der Waals surface area contributed by atoms with Crippen LogP contribution in [0.3, 0.4) is 0 Å². The number of carbonyl (C=O) groups excluding carboxylic acids is 1. The zero-order chi connectivity index (χ0) is 14.8. The second-order valence-corrected chi connectivity index (χ2v) is 6.79. The van der Waals surface area contributed by atoms with Gasteiger partial charge in [0.05, 0.1) is 10.4 Å². The standard InChI is InChI=1S/C16H21N3OS/c1-2-3-11-5-8-19(9-6-11)16(20)15-14(17)12-4-7-18-10-13(12)21-15/h4,7,10-11H,2-3,5-6,8-9,17H2,1H3. The Labute approximate surface area is 129 Å². The molecule has 3 rings (SSSR count). The fourth-order valence-electron chi connectivity index (χ4n) is 3.11. The van der Waals surface area contributed by atoms with Gasteiger partial charge in [-0.1, -0.05) is 19.8 Å². The first kappa shape index (κ1) is 14.3. The summed E-state index contributed by atoms with van der Waals surface area (Å²) in [6, 6.07) is 1.88. The molecule has 4 nitrogen and oxygen atoms in total. The molecule has 1 aliphatic heterocycles. The smallest absolute Gasteiger partial charge is 0.266 e. The third-order valence-corrected chi connectivity index (χ3v) is 5.47. The van der Waals surface area contributed by atoms with E-state index in [9.17, 15) is 4.79 Å². The molecule has 1 fully saturated rings. The maximum atomic E-state index is 12.7. The molecule has 0 saturated carbocycles. The summed E-state index contributed by atoms with van der Waals surface area (Å²) >= 11 is 1.46. The Kier molecular flexibility index (Phi) is 4.10. The van der Waals surface area contributed by atoms with E-state index in [1.165, 1.54) is 24.2 Å². The molecule has 0 aliphatic carbocycles. The zero-order valence-electron chi connectivity index (χ0n) is 12.3. The van der Waals surface area contributed by atoms with E-state index >= 15 is 0 Å². The zero-order valence-corrected chi connectivity index (χ0v) is 13.2. The van der Waals surface area contributed by atoms with Crippen LogP contribution in [0, 0.1) is 5.92 Å². The van der Waals surface area contributed by atoms with Gasteiger partial charge in [0.25, 0.3) is 5.91 Å². The minimum absolute atomic E-state index is 0.0867. The van der Waals surface area contributed by atoms with Crippen molar-refractivity contribution in [2.75, 3.05) is 18.8 Å². The van der Waals surface area contributed by atoms with Crippen LogP contribution in [0.15, 0.2) is 18.5 Å². The number of likely N-dealkylation sites (tertiary alicyclic amines) is 1. The third-order valence-electron chi connectivity index (χ3n) is 4.32. The number of hydrogen-bond acceptors (Lipinski definition) is 4. The number of piperidine rings is 1. The fourth-order valence-corrected chi connectivity index (χ4v) is 4.16. The largest absolute Gasteiger partial charge is 0.397 e. The van der Waals surface area contributed by atoms with Crippen molar-refractivity contribution >= 4 is 33.0 Å². The number of fused-ring (bicyclic) bond motifs is 1. The van der Waals surface area contributed by atoms with Crippen LogP contribution in [0.2, 0.25) is 0 Å². The van der Waals surface area contributed by atoms with Gasteiger partial charge in [-0.3, -0.25) is 9.78 Å². The summed E-state index contributed by atoms with van der Waals surface area (Å²) in [5.41, 5.74) is 6.77. The number of nitrogens with zero attached hydrogens (tertiary/aromatic N) is 2. The first-order valence-corrected chi connectivity index (χ1v) is 8.43. The lowest BCUT2D eigenvalue weighted by molar-refractivity contribution is 0.0692. The maximum Gasteiger partial charge on any atom is 0.266 e. The van der Waals surface area contributed by atoms with Crippen LogP contribution in [-0.4, -0.2) is 28.9 Å². The minimum atomic E-state index is 0.0867. The van der Waals surface area contributed by atoms with Crippen molar-refractivity contribution in [3.8, 4) is 0 Å². The molecule has 0 bridgehead atoms. The van der Waals surface area contributed by atoms with Crippen LogP contribution in [0.1, 0.15) is 42.3 Å². The summed E-state index contributed by atoms with van der Waals surface area (Å²) in [6.45, 7) is 3.94. The molecule has 3 heterocycles. The molecule has 0 aromatic carbocycles. The molecule has 0 radical (unpaired) electrons. The highest BCUT2D eigenvalue weighted by Crippen LogP contribution is 2.34. The first-order valence-electron chi connectivity index (χ1n) is 7.62. The number of rotatable bonds is 3. The summed E-state index contributed by atoms with van der Waals surface area (Å²) < 4.78 is 0.985. The molecule has 1 saturated heterocycles. The van der Waals surface area contributed by atoms with Gasteiger partial charge in [-0.15, -0.1) is 11.3 Å². The number of nitrogen functional groups attached to an aromatic ring is 1. The predicted molar refractivity (Wildman–Crippen MR) is 87.6 cm³/mol. The monoisotopic (exact) mass is 303 g/mol. The molecule has 2 N–H and O–H groups in total. The van der Waals surface area contributed by atoms with E-state index in [2.05, 4.69) is 11.9 Å². The van der Waals surface area contributed by atoms with Gasteiger partial charge < -0.3 is 10.6 Å². The van der Waals surface area contributed by atoms with E-state index in [1.54, 1.807) is 12.4 Å². The molecular weight excluding hydrogens is 282 g/mol. The minimum Gasteiger partial charge on any atom is -0.397 e. The molecule has 2 aromatic heterocycles. The molecule has 2 aromatic rings. The van der Waals surface area contributed by atoms with Crippen molar-refractivity contribution in [2.24, 2.45) is 5.92 Å². The van der Waals surface area contributed by atoms with Gasteiger partial charge in [0, 0.05) is 30.9 Å². The molecule has 0 unspecified atom stereocenters. The summed E-state index contributed by atoms with van der Waals surface area (Å²) in [6.07, 6.45) is 8.24. The molecular formula is C16H21N3OS. The highest BCUT2D eigenvalue weighted by Gasteiger charge is 2.26. The van der Waals surface area contributed by atoms with Crippen molar-refractivity contribution in [1.82, 2.24) is 9.88 Å². The molecule has 1 amide bonds. The summed E-state index contributed by atoms with van der Waals surface area (Å²) in [7, 11) is 0. The van der Waals surface area contributed by atoms with E-state index < -0.39 is 0 Å². The average Bonchev–Trinajstić information content (AvgIpc) is 2.85. The molecule has 0 spiro atoms. The quantitative estimate of drug-likeness (QED) is 0.943. The van der Waals surface area contributed by atoms with Crippen LogP contribution in [0.4, 0.5) is 5.69 Å². The molecule has 1 aliphatic rings. The van der Waals surface area contributed by atoms with Gasteiger partial charge in [-0.25, -0.2) is 0 Å². The lowest BCUT2D eigenvalue weighted by Crippen LogP contribution is -2.38. The number of anilines is 1. The van der Waals surface area contributed by atoms with Gasteiger partial charge in [0.1, 0.15) is 4.88 Å². The van der Waals surface area contributed by atoms with Crippen LogP contribution in [0.5, 0.6) is 0 Å². The lowest BCUT2D eigenvalue weighted by atomic mass is 9.92. The average molecular weight is 303 g/mol. The number of aromatic nitrogens is 1. The Morgan fingerprint density at radius 1 is 1.48 bits per heavy atom. The van der Waals surface area contributed by atoms with Crippen LogP contribution < -0.4 is 5.73 Å². The number of pyridine rings is 1. The number of amides is 1. The Morgan fingerprint density at radius 3 is 2.90 bits per heavy atom. The number of carbonyl (C=O) groups is 1. The van der Waals surface area contributed by atoms with Gasteiger partial charge >= 0.3 is 0 Å². The maximum absolute atomic E-state index is 12.7. The number of nitrogens with two attached hydrogens (primary N) is 1. The van der Waals surface area contributed by atoms with E-state index in [4.69, 9.17) is 5.73 Å². The normalized spacial score (nSPS) is 16.5. The Morgan fingerprint density at radius 2 is 2.24 bits per heavy atom. The predicted octanol–water partition coefficient (Wildman–Crippen LogP) is 3.53. The van der Waals surface area contributed by atoms with Crippen LogP contribution in [-0.2, 0) is 0 Å². The van der Waals surface area contributed by atoms with Crippen molar-refractivity contribution in [2.45, 2.75) is 32.6 Å². The Bertz CT molecular complexity index is 644.